The van der Waals surface area contributed by atoms with E-state index in [2.05, 4.69) is 15.3 Å². The minimum Gasteiger partial charge on any atom is -0.479 e. The van der Waals surface area contributed by atoms with Gasteiger partial charge in [-0.2, -0.15) is 0 Å². The lowest BCUT2D eigenvalue weighted by Gasteiger charge is -2.40. The van der Waals surface area contributed by atoms with Crippen molar-refractivity contribution in [1.29, 1.82) is 0 Å². The van der Waals surface area contributed by atoms with Gasteiger partial charge in [-0.3, -0.25) is 4.79 Å². The van der Waals surface area contributed by atoms with Crippen LogP contribution in [-0.4, -0.2) is 204 Å². The molecule has 0 saturated heterocycles. The molecule has 358 valence electrons. The van der Waals surface area contributed by atoms with E-state index in [4.69, 9.17) is 51.4 Å². The van der Waals surface area contributed by atoms with E-state index in [0.29, 0.717) is 26.1 Å². The van der Waals surface area contributed by atoms with Gasteiger partial charge in [0, 0.05) is 53.2 Å². The molecule has 2 rings (SSSR count). The first-order chi connectivity index (χ1) is 29.6. The Kier molecular flexibility index (Phi) is 22.1. The van der Waals surface area contributed by atoms with Gasteiger partial charge >= 0.3 is 24.1 Å². The molecule has 11 atom stereocenters. The number of amides is 3. The number of aliphatic hydroxyl groups excluding tert-OH is 4. The van der Waals surface area contributed by atoms with Gasteiger partial charge in [-0.05, 0) is 30.9 Å². The van der Waals surface area contributed by atoms with Gasteiger partial charge < -0.3 is 97.1 Å². The van der Waals surface area contributed by atoms with Crippen LogP contribution in [0.3, 0.4) is 0 Å². The summed E-state index contributed by atoms with van der Waals surface area (Å²) in [7, 11) is 2.80. The summed E-state index contributed by atoms with van der Waals surface area (Å²) in [4.78, 5) is 71.9. The van der Waals surface area contributed by atoms with Crippen LogP contribution in [0.4, 0.5) is 9.59 Å². The van der Waals surface area contributed by atoms with E-state index in [1.54, 1.807) is 6.92 Å². The Morgan fingerprint density at radius 1 is 0.746 bits per heavy atom. The number of rotatable bonds is 25. The molecule has 0 aromatic rings. The Labute approximate surface area is 363 Å². The van der Waals surface area contributed by atoms with Crippen LogP contribution in [-0.2, 0) is 42.8 Å². The van der Waals surface area contributed by atoms with Gasteiger partial charge in [0.2, 0.25) is 17.4 Å². The zero-order chi connectivity index (χ0) is 47.6. The van der Waals surface area contributed by atoms with Crippen molar-refractivity contribution in [2.75, 3.05) is 66.8 Å². The second-order valence-corrected chi connectivity index (χ2v) is 15.0. The van der Waals surface area contributed by atoms with E-state index >= 15 is 0 Å². The Balaban J connectivity index is 1.83. The largest absolute Gasteiger partial charge is 0.479 e. The standard InChI is InChI=1S/C37H63N9O17/c1-18(6-10-58-12-8-45(4)36(56)62-29(23(50)16-47)28-19(2)21(43-34(38)39)14-25(60-28)32(52)53)7-11-59-13-9-46(5)37(57)63-30(24(51)17-48)31-27(42-20(3)49)22(44-35(40)41)15-26(61-31)33(54)55/h14-15,18-19,21-24,27-31,47-48,50-51H,6-13,16-17H2,1-5H3,(H,42,49)(H,52,53)(H,54,55)(H4,38,39,43)(H4,40,41,44)/t18?,19-,21+,22+,23-,24-,27-,28-,29-,30-,31-/m1/s1. The number of aliphatic carboxylic acids is 2. The van der Waals surface area contributed by atoms with Gasteiger partial charge in [-0.25, -0.2) is 29.2 Å². The molecule has 15 N–H and O–H groups in total. The molecule has 0 aliphatic carbocycles. The smallest absolute Gasteiger partial charge is 0.410 e. The molecule has 0 spiro atoms. The fraction of sp³-hybridized carbons (Fsp3) is 0.703. The highest BCUT2D eigenvalue weighted by Crippen LogP contribution is 2.31. The van der Waals surface area contributed by atoms with Gasteiger partial charge in [0.25, 0.3) is 0 Å². The summed E-state index contributed by atoms with van der Waals surface area (Å²) in [6, 6.07) is -3.33. The number of ether oxygens (including phenoxy) is 6. The molecule has 0 aromatic heterocycles. The van der Waals surface area contributed by atoms with Gasteiger partial charge in [-0.15, -0.1) is 0 Å². The van der Waals surface area contributed by atoms with Crippen LogP contribution in [0.2, 0.25) is 0 Å². The summed E-state index contributed by atoms with van der Waals surface area (Å²) in [5, 5.41) is 62.3. The van der Waals surface area contributed by atoms with Crippen molar-refractivity contribution in [3.63, 3.8) is 0 Å². The van der Waals surface area contributed by atoms with Crippen molar-refractivity contribution in [3.8, 4) is 0 Å². The highest BCUT2D eigenvalue weighted by atomic mass is 16.6. The SMILES string of the molecule is CC(=O)N[C@H]1[C@H]([C@H](OC(=O)N(C)CCOCCC(C)CCOCCN(C)C(=O)O[C@@H]([C@@H]2OC(C(=O)O)=C[C@H](N=C(N)N)[C@H]2C)[C@H](O)CO)[C@H](O)CO)OC(C(=O)O)=C[C@@H]1N=C(N)N. The Morgan fingerprint density at radius 3 is 1.57 bits per heavy atom. The molecule has 2 aliphatic heterocycles. The highest BCUT2D eigenvalue weighted by molar-refractivity contribution is 5.86. The average molecular weight is 906 g/mol. The van der Waals surface area contributed by atoms with Crippen molar-refractivity contribution < 1.29 is 83.0 Å². The number of nitrogens with one attached hydrogen (secondary N) is 1. The molecule has 0 bridgehead atoms. The Morgan fingerprint density at radius 2 is 1.16 bits per heavy atom. The number of carbonyl (C=O) groups excluding carboxylic acids is 3. The second-order valence-electron chi connectivity index (χ2n) is 15.0. The number of carboxylic acid groups (broad SMARTS) is 2. The quantitative estimate of drug-likeness (QED) is 0.0237. The molecule has 0 aromatic carbocycles. The molecule has 0 radical (unpaired) electrons. The number of nitrogens with zero attached hydrogens (tertiary/aromatic N) is 4. The summed E-state index contributed by atoms with van der Waals surface area (Å²) >= 11 is 0. The predicted octanol–water partition coefficient (Wildman–Crippen LogP) is -3.82. The maximum atomic E-state index is 13.1. The van der Waals surface area contributed by atoms with E-state index < -0.39 is 121 Å². The molecular formula is C37H63N9O17. The molecule has 1 unspecified atom stereocenters. The number of guanidine groups is 2. The number of carboxylic acids is 2. The van der Waals surface area contributed by atoms with Gasteiger partial charge in [-0.1, -0.05) is 13.8 Å². The predicted molar refractivity (Wildman–Crippen MR) is 219 cm³/mol. The maximum absolute atomic E-state index is 13.1. The third-order valence-corrected chi connectivity index (χ3v) is 9.87. The van der Waals surface area contributed by atoms with Crippen LogP contribution in [0.5, 0.6) is 0 Å². The third-order valence-electron chi connectivity index (χ3n) is 9.87. The first-order valence-corrected chi connectivity index (χ1v) is 19.9. The van der Waals surface area contributed by atoms with E-state index in [1.807, 2.05) is 6.92 Å². The summed E-state index contributed by atoms with van der Waals surface area (Å²) in [5.41, 5.74) is 22.0. The fourth-order valence-corrected chi connectivity index (χ4v) is 6.26. The number of aliphatic imine (C=N–C) groups is 2. The van der Waals surface area contributed by atoms with Gasteiger partial charge in [0.05, 0.1) is 44.6 Å². The molecule has 2 heterocycles. The highest BCUT2D eigenvalue weighted by Gasteiger charge is 2.47. The normalized spacial score (nSPS) is 23.0. The van der Waals surface area contributed by atoms with Crippen molar-refractivity contribution in [2.24, 2.45) is 44.8 Å². The molecule has 63 heavy (non-hydrogen) atoms. The molecular weight excluding hydrogens is 842 g/mol. The van der Waals surface area contributed by atoms with Crippen molar-refractivity contribution in [3.05, 3.63) is 23.7 Å². The topological polar surface area (TPSA) is 409 Å². The molecule has 2 aliphatic rings. The van der Waals surface area contributed by atoms with E-state index in [9.17, 15) is 54.6 Å². The van der Waals surface area contributed by atoms with Crippen LogP contribution < -0.4 is 28.3 Å². The minimum absolute atomic E-state index is 0.0249. The number of carbonyl (C=O) groups is 5. The van der Waals surface area contributed by atoms with E-state index in [0.717, 1.165) is 17.9 Å². The Bertz CT molecular complexity index is 1660. The zero-order valence-corrected chi connectivity index (χ0v) is 35.8. The first-order valence-electron chi connectivity index (χ1n) is 19.9. The molecule has 0 fully saturated rings. The van der Waals surface area contributed by atoms with Gasteiger partial charge in [0.1, 0.15) is 18.3 Å². The molecule has 3 amide bonds. The number of hydrogen-bond acceptors (Lipinski definition) is 17. The third kappa shape index (κ3) is 17.2. The van der Waals surface area contributed by atoms with E-state index in [-0.39, 0.29) is 38.2 Å². The summed E-state index contributed by atoms with van der Waals surface area (Å²) in [6.45, 7) is 3.92. The molecule has 0 saturated carbocycles. The zero-order valence-electron chi connectivity index (χ0n) is 35.8. The Hall–Kier alpha value is -5.67. The second kappa shape index (κ2) is 26.1. The molecule has 26 nitrogen and oxygen atoms in total. The van der Waals surface area contributed by atoms with Crippen molar-refractivity contribution >= 4 is 42.0 Å². The van der Waals surface area contributed by atoms with Crippen LogP contribution >= 0.6 is 0 Å². The number of nitrogens with two attached hydrogens (primary N) is 4. The van der Waals surface area contributed by atoms with Crippen LogP contribution in [0, 0.1) is 11.8 Å². The molecule has 26 heteroatoms. The van der Waals surface area contributed by atoms with Gasteiger partial charge in [0.15, 0.2) is 30.2 Å². The summed E-state index contributed by atoms with van der Waals surface area (Å²) in [5.74, 6) is -6.07. The number of aliphatic hydroxyl groups is 4. The van der Waals surface area contributed by atoms with Crippen molar-refractivity contribution in [1.82, 2.24) is 15.1 Å². The van der Waals surface area contributed by atoms with E-state index in [1.165, 1.54) is 25.1 Å². The number of likely N-dealkylation sites (N-methyl/N-ethyl adjacent to an activating group) is 2. The first kappa shape index (κ1) is 53.5. The lowest BCUT2D eigenvalue weighted by atomic mass is 9.87. The average Bonchev–Trinajstić information content (AvgIpc) is 3.21. The fourth-order valence-electron chi connectivity index (χ4n) is 6.26. The lowest BCUT2D eigenvalue weighted by molar-refractivity contribution is -0.148. The monoisotopic (exact) mass is 905 g/mol. The minimum atomic E-state index is -1.78. The van der Waals surface area contributed by atoms with Crippen LogP contribution in [0.1, 0.15) is 33.6 Å². The summed E-state index contributed by atoms with van der Waals surface area (Å²) < 4.78 is 33.4. The van der Waals surface area contributed by atoms with Crippen LogP contribution in [0.25, 0.3) is 0 Å². The van der Waals surface area contributed by atoms with Crippen LogP contribution in [0.15, 0.2) is 33.7 Å². The number of hydrogen-bond donors (Lipinski definition) is 11. The van der Waals surface area contributed by atoms with Crippen molar-refractivity contribution in [2.45, 2.75) is 88.4 Å². The summed E-state index contributed by atoms with van der Waals surface area (Å²) in [6.07, 6.45) is -7.84. The lowest BCUT2D eigenvalue weighted by Crippen LogP contribution is -2.61. The maximum Gasteiger partial charge on any atom is 0.410 e.